The molecule has 4 N–H and O–H groups in total. The van der Waals surface area contributed by atoms with Crippen molar-refractivity contribution >= 4 is 11.9 Å². The van der Waals surface area contributed by atoms with Crippen molar-refractivity contribution in [1.82, 2.24) is 20.6 Å². The van der Waals surface area contributed by atoms with Crippen LogP contribution in [0.25, 0.3) is 0 Å². The Balaban J connectivity index is 1.92. The number of amides is 1. The molecular formula is C12H18N4O3. The van der Waals surface area contributed by atoms with E-state index in [0.29, 0.717) is 12.2 Å². The zero-order valence-electron chi connectivity index (χ0n) is 10.6. The Kier molecular flexibility index (Phi) is 4.51. The predicted octanol–water partition coefficient (Wildman–Crippen LogP) is -0.479. The molecule has 1 aromatic heterocycles. The van der Waals surface area contributed by atoms with Gasteiger partial charge in [0.15, 0.2) is 0 Å². The summed E-state index contributed by atoms with van der Waals surface area (Å²) >= 11 is 0. The lowest BCUT2D eigenvalue weighted by Crippen LogP contribution is -2.48. The normalized spacial score (nSPS) is 20.7. The molecule has 0 unspecified atom stereocenters. The Labute approximate surface area is 110 Å². The number of rotatable bonds is 5. The zero-order chi connectivity index (χ0) is 13.7. The molecule has 2 rings (SSSR count). The van der Waals surface area contributed by atoms with Crippen LogP contribution in [0.1, 0.15) is 18.5 Å². The first kappa shape index (κ1) is 13.5. The molecule has 7 heteroatoms. The van der Waals surface area contributed by atoms with E-state index in [-0.39, 0.29) is 18.2 Å². The SMILES string of the molecule is O=C(N[C@@H](Cc1cnc[nH]1)C(=O)O)[C@@H]1CCCNC1. The van der Waals surface area contributed by atoms with Crippen molar-refractivity contribution in [3.05, 3.63) is 18.2 Å². The minimum Gasteiger partial charge on any atom is -0.480 e. The fourth-order valence-corrected chi connectivity index (χ4v) is 2.18. The number of H-pyrrole nitrogens is 1. The van der Waals surface area contributed by atoms with E-state index in [1.807, 2.05) is 0 Å². The first-order valence-corrected chi connectivity index (χ1v) is 6.38. The summed E-state index contributed by atoms with van der Waals surface area (Å²) in [5, 5.41) is 14.9. The van der Waals surface area contributed by atoms with Gasteiger partial charge in [0, 0.05) is 24.9 Å². The fourth-order valence-electron chi connectivity index (χ4n) is 2.18. The molecule has 0 aliphatic carbocycles. The first-order valence-electron chi connectivity index (χ1n) is 6.38. The van der Waals surface area contributed by atoms with E-state index in [4.69, 9.17) is 5.11 Å². The summed E-state index contributed by atoms with van der Waals surface area (Å²) in [5.74, 6) is -1.37. The molecule has 1 aromatic rings. The number of imidazole rings is 1. The van der Waals surface area contributed by atoms with Gasteiger partial charge in [0.1, 0.15) is 6.04 Å². The number of carbonyl (C=O) groups excluding carboxylic acids is 1. The third kappa shape index (κ3) is 3.78. The Morgan fingerprint density at radius 1 is 1.58 bits per heavy atom. The van der Waals surface area contributed by atoms with Crippen LogP contribution in [0.4, 0.5) is 0 Å². The molecule has 0 radical (unpaired) electrons. The molecule has 7 nitrogen and oxygen atoms in total. The molecule has 1 aliphatic rings. The monoisotopic (exact) mass is 266 g/mol. The molecular weight excluding hydrogens is 248 g/mol. The summed E-state index contributed by atoms with van der Waals surface area (Å²) < 4.78 is 0. The van der Waals surface area contributed by atoms with Crippen molar-refractivity contribution in [1.29, 1.82) is 0 Å². The maximum atomic E-state index is 12.0. The number of aromatic amines is 1. The Hall–Kier alpha value is -1.89. The third-order valence-corrected chi connectivity index (χ3v) is 3.26. The highest BCUT2D eigenvalue weighted by molar-refractivity contribution is 5.85. The Bertz CT molecular complexity index is 426. The lowest BCUT2D eigenvalue weighted by molar-refractivity contribution is -0.142. The van der Waals surface area contributed by atoms with Crippen molar-refractivity contribution in [3.63, 3.8) is 0 Å². The number of carbonyl (C=O) groups is 2. The van der Waals surface area contributed by atoms with Crippen molar-refractivity contribution in [2.45, 2.75) is 25.3 Å². The van der Waals surface area contributed by atoms with Crippen LogP contribution in [0.15, 0.2) is 12.5 Å². The second-order valence-corrected chi connectivity index (χ2v) is 4.72. The molecule has 0 spiro atoms. The van der Waals surface area contributed by atoms with Crippen molar-refractivity contribution in [2.24, 2.45) is 5.92 Å². The minimum absolute atomic E-state index is 0.141. The lowest BCUT2D eigenvalue weighted by Gasteiger charge is -2.23. The molecule has 1 fully saturated rings. The molecule has 2 heterocycles. The average Bonchev–Trinajstić information content (AvgIpc) is 2.91. The van der Waals surface area contributed by atoms with Crippen LogP contribution in [0, 0.1) is 5.92 Å². The van der Waals surface area contributed by atoms with Crippen LogP contribution < -0.4 is 10.6 Å². The zero-order valence-corrected chi connectivity index (χ0v) is 10.6. The highest BCUT2D eigenvalue weighted by Gasteiger charge is 2.26. The smallest absolute Gasteiger partial charge is 0.326 e. The quantitative estimate of drug-likeness (QED) is 0.576. The van der Waals surface area contributed by atoms with Crippen molar-refractivity contribution in [2.75, 3.05) is 13.1 Å². The van der Waals surface area contributed by atoms with E-state index in [0.717, 1.165) is 19.4 Å². The van der Waals surface area contributed by atoms with E-state index < -0.39 is 12.0 Å². The van der Waals surface area contributed by atoms with Gasteiger partial charge in [-0.25, -0.2) is 9.78 Å². The average molecular weight is 266 g/mol. The number of hydrogen-bond acceptors (Lipinski definition) is 4. The molecule has 0 bridgehead atoms. The first-order chi connectivity index (χ1) is 9.16. The van der Waals surface area contributed by atoms with E-state index in [9.17, 15) is 9.59 Å². The maximum Gasteiger partial charge on any atom is 0.326 e. The summed E-state index contributed by atoms with van der Waals surface area (Å²) in [6.45, 7) is 1.53. The summed E-state index contributed by atoms with van der Waals surface area (Å²) in [6, 6.07) is -0.921. The van der Waals surface area contributed by atoms with Crippen LogP contribution in [0.3, 0.4) is 0 Å². The van der Waals surface area contributed by atoms with Crippen LogP contribution in [-0.4, -0.2) is 46.1 Å². The standard InChI is InChI=1S/C12H18N4O3/c17-11(8-2-1-3-13-5-8)16-10(12(18)19)4-9-6-14-7-15-9/h6-8,10,13H,1-5H2,(H,14,15)(H,16,17)(H,18,19)/t8-,10+/m1/s1. The molecule has 0 saturated carbocycles. The van der Waals surface area contributed by atoms with Crippen LogP contribution >= 0.6 is 0 Å². The van der Waals surface area contributed by atoms with Crippen LogP contribution in [0.2, 0.25) is 0 Å². The predicted molar refractivity (Wildman–Crippen MR) is 67.5 cm³/mol. The van der Waals surface area contributed by atoms with Crippen molar-refractivity contribution < 1.29 is 14.7 Å². The second kappa shape index (κ2) is 6.33. The van der Waals surface area contributed by atoms with Gasteiger partial charge in [0.2, 0.25) is 5.91 Å². The van der Waals surface area contributed by atoms with Gasteiger partial charge in [-0.2, -0.15) is 0 Å². The van der Waals surface area contributed by atoms with Gasteiger partial charge in [-0.15, -0.1) is 0 Å². The molecule has 2 atom stereocenters. The lowest BCUT2D eigenvalue weighted by atomic mass is 9.98. The molecule has 104 valence electrons. The fraction of sp³-hybridized carbons (Fsp3) is 0.583. The largest absolute Gasteiger partial charge is 0.480 e. The highest BCUT2D eigenvalue weighted by Crippen LogP contribution is 2.10. The summed E-state index contributed by atoms with van der Waals surface area (Å²) in [4.78, 5) is 29.9. The molecule has 19 heavy (non-hydrogen) atoms. The van der Waals surface area contributed by atoms with Gasteiger partial charge in [0.25, 0.3) is 0 Å². The van der Waals surface area contributed by atoms with Gasteiger partial charge >= 0.3 is 5.97 Å². The van der Waals surface area contributed by atoms with Gasteiger partial charge in [-0.3, -0.25) is 4.79 Å². The second-order valence-electron chi connectivity index (χ2n) is 4.72. The number of hydrogen-bond donors (Lipinski definition) is 4. The van der Waals surface area contributed by atoms with E-state index in [2.05, 4.69) is 20.6 Å². The minimum atomic E-state index is -1.04. The van der Waals surface area contributed by atoms with E-state index in [1.165, 1.54) is 6.33 Å². The Morgan fingerprint density at radius 2 is 2.42 bits per heavy atom. The van der Waals surface area contributed by atoms with Crippen LogP contribution in [0.5, 0.6) is 0 Å². The van der Waals surface area contributed by atoms with Crippen molar-refractivity contribution in [3.8, 4) is 0 Å². The van der Waals surface area contributed by atoms with Gasteiger partial charge < -0.3 is 20.7 Å². The highest BCUT2D eigenvalue weighted by atomic mass is 16.4. The topological polar surface area (TPSA) is 107 Å². The molecule has 1 saturated heterocycles. The molecule has 1 amide bonds. The number of nitrogens with one attached hydrogen (secondary N) is 3. The molecule has 1 aliphatic heterocycles. The van der Waals surface area contributed by atoms with Gasteiger partial charge in [0.05, 0.1) is 12.2 Å². The number of carboxylic acid groups (broad SMARTS) is 1. The van der Waals surface area contributed by atoms with E-state index >= 15 is 0 Å². The summed E-state index contributed by atoms with van der Waals surface area (Å²) in [7, 11) is 0. The van der Waals surface area contributed by atoms with Gasteiger partial charge in [-0.1, -0.05) is 0 Å². The number of aromatic nitrogens is 2. The summed E-state index contributed by atoms with van der Waals surface area (Å²) in [5.41, 5.74) is 0.689. The number of piperidine rings is 1. The Morgan fingerprint density at radius 3 is 3.00 bits per heavy atom. The third-order valence-electron chi connectivity index (χ3n) is 3.26. The van der Waals surface area contributed by atoms with Gasteiger partial charge in [-0.05, 0) is 19.4 Å². The molecule has 0 aromatic carbocycles. The number of carboxylic acids is 1. The number of nitrogens with zero attached hydrogens (tertiary/aromatic N) is 1. The van der Waals surface area contributed by atoms with Crippen LogP contribution in [-0.2, 0) is 16.0 Å². The maximum absolute atomic E-state index is 12.0. The summed E-state index contributed by atoms with van der Waals surface area (Å²) in [6.07, 6.45) is 5.00. The number of aliphatic carboxylic acids is 1. The van der Waals surface area contributed by atoms with E-state index in [1.54, 1.807) is 6.20 Å².